The summed E-state index contributed by atoms with van der Waals surface area (Å²) < 4.78 is 5.25. The van der Waals surface area contributed by atoms with Crippen LogP contribution < -0.4 is 0 Å². The van der Waals surface area contributed by atoms with Gasteiger partial charge in [0.1, 0.15) is 6.10 Å². The second kappa shape index (κ2) is 8.10. The van der Waals surface area contributed by atoms with Crippen LogP contribution in [0.5, 0.6) is 0 Å². The Hall–Kier alpha value is -1.05. The molecule has 0 N–H and O–H groups in total. The Kier molecular flexibility index (Phi) is 6.68. The Morgan fingerprint density at radius 1 is 1.41 bits per heavy atom. The molecule has 0 aliphatic heterocycles. The molecule has 2 heteroatoms. The molecule has 0 atom stereocenters. The molecular formula is C15H24O2. The third-order valence-electron chi connectivity index (χ3n) is 3.27. The topological polar surface area (TPSA) is 26.3 Å². The molecule has 0 saturated heterocycles. The number of rotatable bonds is 6. The number of esters is 1. The molecule has 1 fully saturated rings. The van der Waals surface area contributed by atoms with Crippen LogP contribution >= 0.6 is 0 Å². The molecule has 0 aromatic rings. The predicted molar refractivity (Wildman–Crippen MR) is 70.8 cm³/mol. The Morgan fingerprint density at radius 2 is 2.12 bits per heavy atom. The van der Waals surface area contributed by atoms with Gasteiger partial charge in [0.15, 0.2) is 0 Å². The third-order valence-corrected chi connectivity index (χ3v) is 3.27. The second-order valence-corrected chi connectivity index (χ2v) is 4.70. The molecule has 2 nitrogen and oxygen atoms in total. The molecule has 0 heterocycles. The van der Waals surface area contributed by atoms with Gasteiger partial charge in [-0.05, 0) is 38.5 Å². The van der Waals surface area contributed by atoms with Gasteiger partial charge in [0, 0.05) is 6.08 Å². The lowest BCUT2D eigenvalue weighted by molar-refractivity contribution is -0.143. The van der Waals surface area contributed by atoms with Crippen molar-refractivity contribution >= 4 is 5.97 Å². The van der Waals surface area contributed by atoms with Crippen LogP contribution in [0.25, 0.3) is 0 Å². The standard InChI is InChI=1S/C15H24O2/c1-3-5-6-7-8-13-9-11-14(12-10-13)17-15(16)4-2/h4,8,14H,2-3,5-7,9-12H2,1H3. The van der Waals surface area contributed by atoms with E-state index in [1.807, 2.05) is 0 Å². The van der Waals surface area contributed by atoms with Gasteiger partial charge in [-0.2, -0.15) is 0 Å². The van der Waals surface area contributed by atoms with Crippen LogP contribution in [0, 0.1) is 0 Å². The molecule has 1 aliphatic carbocycles. The van der Waals surface area contributed by atoms with Crippen LogP contribution in [0.3, 0.4) is 0 Å². The maximum atomic E-state index is 11.1. The summed E-state index contributed by atoms with van der Waals surface area (Å²) in [6.07, 6.45) is 13.0. The van der Waals surface area contributed by atoms with Gasteiger partial charge in [0.05, 0.1) is 0 Å². The van der Waals surface area contributed by atoms with Gasteiger partial charge in [-0.1, -0.05) is 38.0 Å². The van der Waals surface area contributed by atoms with Crippen molar-refractivity contribution in [1.29, 1.82) is 0 Å². The van der Waals surface area contributed by atoms with Crippen LogP contribution in [0.2, 0.25) is 0 Å². The minimum atomic E-state index is -0.287. The van der Waals surface area contributed by atoms with E-state index in [2.05, 4.69) is 19.6 Å². The maximum Gasteiger partial charge on any atom is 0.330 e. The normalized spacial score (nSPS) is 19.8. The van der Waals surface area contributed by atoms with E-state index in [4.69, 9.17) is 4.74 Å². The van der Waals surface area contributed by atoms with E-state index in [1.165, 1.54) is 31.8 Å². The number of carbonyl (C=O) groups is 1. The van der Waals surface area contributed by atoms with Gasteiger partial charge in [-0.15, -0.1) is 0 Å². The van der Waals surface area contributed by atoms with Crippen molar-refractivity contribution in [2.45, 2.75) is 64.4 Å². The number of ether oxygens (including phenoxy) is 1. The highest BCUT2D eigenvalue weighted by Crippen LogP contribution is 2.26. The fourth-order valence-electron chi connectivity index (χ4n) is 2.20. The zero-order valence-corrected chi connectivity index (χ0v) is 10.9. The lowest BCUT2D eigenvalue weighted by atomic mass is 9.91. The first-order valence-corrected chi connectivity index (χ1v) is 6.77. The Bertz CT molecular complexity index is 269. The first kappa shape index (κ1) is 14.0. The molecule has 96 valence electrons. The van der Waals surface area contributed by atoms with Crippen LogP contribution in [0.15, 0.2) is 24.3 Å². The molecule has 0 radical (unpaired) electrons. The first-order valence-electron chi connectivity index (χ1n) is 6.77. The molecule has 0 aromatic carbocycles. The fourth-order valence-corrected chi connectivity index (χ4v) is 2.20. The quantitative estimate of drug-likeness (QED) is 0.299. The maximum absolute atomic E-state index is 11.1. The predicted octanol–water partition coefficient (Wildman–Crippen LogP) is 4.16. The van der Waals surface area contributed by atoms with Gasteiger partial charge in [0.25, 0.3) is 0 Å². The van der Waals surface area contributed by atoms with Gasteiger partial charge in [0.2, 0.25) is 0 Å². The summed E-state index contributed by atoms with van der Waals surface area (Å²) >= 11 is 0. The summed E-state index contributed by atoms with van der Waals surface area (Å²) in [4.78, 5) is 11.1. The van der Waals surface area contributed by atoms with Gasteiger partial charge in [-0.25, -0.2) is 4.79 Å². The molecule has 17 heavy (non-hydrogen) atoms. The lowest BCUT2D eigenvalue weighted by Crippen LogP contribution is -2.20. The highest BCUT2D eigenvalue weighted by atomic mass is 16.5. The van der Waals surface area contributed by atoms with Crippen molar-refractivity contribution in [2.24, 2.45) is 0 Å². The minimum Gasteiger partial charge on any atom is -0.459 e. The average Bonchev–Trinajstić information content (AvgIpc) is 2.36. The first-order chi connectivity index (χ1) is 8.26. The number of hydrogen-bond donors (Lipinski definition) is 0. The fraction of sp³-hybridized carbons (Fsp3) is 0.667. The third kappa shape index (κ3) is 5.71. The number of carbonyl (C=O) groups excluding carboxylic acids is 1. The highest BCUT2D eigenvalue weighted by Gasteiger charge is 2.18. The summed E-state index contributed by atoms with van der Waals surface area (Å²) in [6, 6.07) is 0. The largest absolute Gasteiger partial charge is 0.459 e. The van der Waals surface area contributed by atoms with E-state index in [1.54, 1.807) is 5.57 Å². The average molecular weight is 236 g/mol. The summed E-state index contributed by atoms with van der Waals surface area (Å²) in [7, 11) is 0. The summed E-state index contributed by atoms with van der Waals surface area (Å²) in [5.41, 5.74) is 1.55. The second-order valence-electron chi connectivity index (χ2n) is 4.70. The van der Waals surface area contributed by atoms with Crippen molar-refractivity contribution < 1.29 is 9.53 Å². The molecule has 1 aliphatic rings. The van der Waals surface area contributed by atoms with Crippen LogP contribution in [-0.2, 0) is 9.53 Å². The zero-order chi connectivity index (χ0) is 12.5. The van der Waals surface area contributed by atoms with E-state index in [-0.39, 0.29) is 12.1 Å². The SMILES string of the molecule is C=CC(=O)OC1CCC(=CCCCCC)CC1. The summed E-state index contributed by atoms with van der Waals surface area (Å²) in [5.74, 6) is -0.287. The molecule has 0 amide bonds. The van der Waals surface area contributed by atoms with Crippen molar-refractivity contribution in [3.05, 3.63) is 24.3 Å². The zero-order valence-electron chi connectivity index (χ0n) is 10.9. The van der Waals surface area contributed by atoms with Crippen LogP contribution in [0.4, 0.5) is 0 Å². The number of unbranched alkanes of at least 4 members (excludes halogenated alkanes) is 3. The molecule has 0 spiro atoms. The Labute approximate surface area is 105 Å². The van der Waals surface area contributed by atoms with E-state index >= 15 is 0 Å². The molecule has 0 aromatic heterocycles. The van der Waals surface area contributed by atoms with Gasteiger partial charge < -0.3 is 4.74 Å². The van der Waals surface area contributed by atoms with Crippen molar-refractivity contribution in [1.82, 2.24) is 0 Å². The summed E-state index contributed by atoms with van der Waals surface area (Å²) in [5, 5.41) is 0. The van der Waals surface area contributed by atoms with E-state index in [9.17, 15) is 4.79 Å². The molecule has 1 rings (SSSR count). The molecule has 0 bridgehead atoms. The number of hydrogen-bond acceptors (Lipinski definition) is 2. The smallest absolute Gasteiger partial charge is 0.330 e. The molecule has 0 unspecified atom stereocenters. The number of allylic oxidation sites excluding steroid dienone is 2. The van der Waals surface area contributed by atoms with Crippen molar-refractivity contribution in [3.63, 3.8) is 0 Å². The van der Waals surface area contributed by atoms with E-state index < -0.39 is 0 Å². The van der Waals surface area contributed by atoms with E-state index in [0.717, 1.165) is 25.7 Å². The Balaban J connectivity index is 2.20. The molecular weight excluding hydrogens is 212 g/mol. The van der Waals surface area contributed by atoms with Gasteiger partial charge >= 0.3 is 5.97 Å². The van der Waals surface area contributed by atoms with Crippen molar-refractivity contribution in [3.8, 4) is 0 Å². The summed E-state index contributed by atoms with van der Waals surface area (Å²) in [6.45, 7) is 5.64. The van der Waals surface area contributed by atoms with E-state index in [0.29, 0.717) is 0 Å². The minimum absolute atomic E-state index is 0.105. The van der Waals surface area contributed by atoms with Crippen LogP contribution in [-0.4, -0.2) is 12.1 Å². The van der Waals surface area contributed by atoms with Crippen molar-refractivity contribution in [2.75, 3.05) is 0 Å². The lowest BCUT2D eigenvalue weighted by Gasteiger charge is -2.23. The monoisotopic (exact) mass is 236 g/mol. The highest BCUT2D eigenvalue weighted by molar-refractivity contribution is 5.81. The van der Waals surface area contributed by atoms with Crippen LogP contribution in [0.1, 0.15) is 58.3 Å². The molecule has 1 saturated carbocycles. The van der Waals surface area contributed by atoms with Gasteiger partial charge in [-0.3, -0.25) is 0 Å². The Morgan fingerprint density at radius 3 is 2.71 bits per heavy atom.